The number of benzene rings is 2. The molecule has 292 valence electrons. The van der Waals surface area contributed by atoms with E-state index in [2.05, 4.69) is 32.7 Å². The Labute approximate surface area is 321 Å². The molecule has 0 unspecified atom stereocenters. The lowest BCUT2D eigenvalue weighted by Crippen LogP contribution is -2.38. The zero-order chi connectivity index (χ0) is 38.9. The summed E-state index contributed by atoms with van der Waals surface area (Å²) in [6.07, 6.45) is 6.57. The molecule has 55 heavy (non-hydrogen) atoms. The summed E-state index contributed by atoms with van der Waals surface area (Å²) in [6.45, 7) is 10.5. The van der Waals surface area contributed by atoms with Crippen LogP contribution < -0.4 is 20.3 Å². The van der Waals surface area contributed by atoms with Crippen LogP contribution in [0.5, 0.6) is 5.75 Å². The Kier molecular flexibility index (Phi) is 10.9. The summed E-state index contributed by atoms with van der Waals surface area (Å²) >= 11 is 0. The van der Waals surface area contributed by atoms with E-state index < -0.39 is 22.0 Å². The number of nitrogens with one attached hydrogen (secondary N) is 2. The molecule has 0 bridgehead atoms. The zero-order valence-electron chi connectivity index (χ0n) is 32.0. The van der Waals surface area contributed by atoms with Crippen LogP contribution in [0, 0.1) is 5.82 Å². The molecule has 1 fully saturated rings. The standard InChI is InChI=1S/C40H49FN8O5S/c1-6-55(51,52)53-22-20-27-23-28(14-16-32(27)41)49-37(24-35(46-49)40(3,4)5)43-38(50)42-33-17-18-34(31-13-8-7-12-30(31)33)54-29-15-19-36-44-45-39(48(36)25-29)47-21-10-9-11-26(47)2/h7-8,12-16,19,23-26,33-34H,6,9-11,17-18,20-22H2,1-5H3,(H2,42,43,50)/t26-,33-,34+/m0/s1. The number of aromatic nitrogens is 5. The summed E-state index contributed by atoms with van der Waals surface area (Å²) in [5, 5.41) is 19.9. The van der Waals surface area contributed by atoms with Crippen molar-refractivity contribution in [1.82, 2.24) is 29.7 Å². The number of pyridine rings is 1. The third-order valence-electron chi connectivity index (χ3n) is 10.4. The predicted molar refractivity (Wildman–Crippen MR) is 209 cm³/mol. The van der Waals surface area contributed by atoms with Gasteiger partial charge in [-0.05, 0) is 93.0 Å². The molecule has 3 aromatic heterocycles. The maximum Gasteiger partial charge on any atom is 0.320 e. The fourth-order valence-corrected chi connectivity index (χ4v) is 7.80. The first-order valence-electron chi connectivity index (χ1n) is 19.0. The lowest BCUT2D eigenvalue weighted by Gasteiger charge is -2.33. The first-order valence-corrected chi connectivity index (χ1v) is 20.6. The van der Waals surface area contributed by atoms with Crippen LogP contribution >= 0.6 is 0 Å². The average Bonchev–Trinajstić information content (AvgIpc) is 3.78. The number of hydrogen-bond donors (Lipinski definition) is 2. The number of hydrogen-bond acceptors (Lipinski definition) is 9. The smallest absolute Gasteiger partial charge is 0.320 e. The van der Waals surface area contributed by atoms with Crippen LogP contribution in [0.4, 0.5) is 21.0 Å². The number of halogens is 1. The van der Waals surface area contributed by atoms with E-state index >= 15 is 0 Å². The molecule has 4 heterocycles. The maximum absolute atomic E-state index is 14.8. The monoisotopic (exact) mass is 772 g/mol. The van der Waals surface area contributed by atoms with E-state index in [0.717, 1.165) is 47.8 Å². The van der Waals surface area contributed by atoms with Crippen LogP contribution in [0.2, 0.25) is 0 Å². The van der Waals surface area contributed by atoms with E-state index in [4.69, 9.17) is 14.0 Å². The molecule has 1 saturated heterocycles. The van der Waals surface area contributed by atoms with Gasteiger partial charge in [-0.2, -0.15) is 13.5 Å². The highest BCUT2D eigenvalue weighted by molar-refractivity contribution is 7.86. The molecule has 2 N–H and O–H groups in total. The number of piperidine rings is 1. The van der Waals surface area contributed by atoms with Crippen molar-refractivity contribution in [3.05, 3.63) is 95.1 Å². The van der Waals surface area contributed by atoms with Crippen molar-refractivity contribution in [3.8, 4) is 11.4 Å². The van der Waals surface area contributed by atoms with Crippen molar-refractivity contribution in [2.24, 2.45) is 0 Å². The Bertz CT molecular complexity index is 2280. The Morgan fingerprint density at radius 3 is 2.56 bits per heavy atom. The minimum atomic E-state index is -3.67. The summed E-state index contributed by atoms with van der Waals surface area (Å²) in [6, 6.07) is 17.8. The minimum absolute atomic E-state index is 0.0373. The molecule has 0 radical (unpaired) electrons. The van der Waals surface area contributed by atoms with Gasteiger partial charge in [0.05, 0.1) is 36.0 Å². The average molecular weight is 773 g/mol. The largest absolute Gasteiger partial charge is 0.484 e. The van der Waals surface area contributed by atoms with Gasteiger partial charge in [-0.25, -0.2) is 13.9 Å². The van der Waals surface area contributed by atoms with Gasteiger partial charge in [-0.3, -0.25) is 13.9 Å². The second-order valence-corrected chi connectivity index (χ2v) is 17.3. The summed E-state index contributed by atoms with van der Waals surface area (Å²) in [7, 11) is -3.67. The van der Waals surface area contributed by atoms with E-state index in [9.17, 15) is 17.6 Å². The number of carbonyl (C=O) groups excluding carboxylic acids is 1. The number of amides is 2. The molecule has 1 aliphatic carbocycles. The van der Waals surface area contributed by atoms with Crippen molar-refractivity contribution in [3.63, 3.8) is 0 Å². The lowest BCUT2D eigenvalue weighted by atomic mass is 9.85. The van der Waals surface area contributed by atoms with E-state index in [0.29, 0.717) is 36.1 Å². The third kappa shape index (κ3) is 8.47. The van der Waals surface area contributed by atoms with Crippen molar-refractivity contribution in [2.45, 2.75) is 96.7 Å². The van der Waals surface area contributed by atoms with Crippen LogP contribution in [0.15, 0.2) is 66.9 Å². The summed E-state index contributed by atoms with van der Waals surface area (Å²) < 4.78 is 53.7. The predicted octanol–water partition coefficient (Wildman–Crippen LogP) is 7.42. The third-order valence-corrected chi connectivity index (χ3v) is 11.7. The van der Waals surface area contributed by atoms with Crippen molar-refractivity contribution < 1.29 is 26.5 Å². The molecule has 2 aliphatic rings. The number of fused-ring (bicyclic) bond motifs is 2. The SMILES string of the molecule is CCS(=O)(=O)OCCc1cc(-n2nc(C(C)(C)C)cc2NC(=O)N[C@H]2CC[C@@H](Oc3ccc4nnc(N5CCCC[C@@H]5C)n4c3)c3ccccc32)ccc1F. The van der Waals surface area contributed by atoms with Gasteiger partial charge in [0.15, 0.2) is 5.65 Å². The van der Waals surface area contributed by atoms with Gasteiger partial charge in [0, 0.05) is 30.5 Å². The highest BCUT2D eigenvalue weighted by atomic mass is 32.2. The van der Waals surface area contributed by atoms with Crippen LogP contribution in [0.25, 0.3) is 11.3 Å². The van der Waals surface area contributed by atoms with Gasteiger partial charge < -0.3 is 15.0 Å². The van der Waals surface area contributed by atoms with Crippen LogP contribution in [-0.2, 0) is 26.1 Å². The van der Waals surface area contributed by atoms with E-state index in [1.54, 1.807) is 16.8 Å². The summed E-state index contributed by atoms with van der Waals surface area (Å²) in [5.74, 6) is 1.28. The minimum Gasteiger partial charge on any atom is -0.484 e. The van der Waals surface area contributed by atoms with Gasteiger partial charge in [-0.1, -0.05) is 45.0 Å². The fraction of sp³-hybridized carbons (Fsp3) is 0.450. The van der Waals surface area contributed by atoms with Crippen molar-refractivity contribution in [1.29, 1.82) is 0 Å². The first kappa shape index (κ1) is 38.3. The number of rotatable bonds is 11. The number of urea groups is 1. The Morgan fingerprint density at radius 1 is 1.00 bits per heavy atom. The van der Waals surface area contributed by atoms with Crippen LogP contribution in [0.1, 0.15) is 101 Å². The van der Waals surface area contributed by atoms with Gasteiger partial charge in [0.2, 0.25) is 5.95 Å². The molecular weight excluding hydrogens is 724 g/mol. The van der Waals surface area contributed by atoms with Gasteiger partial charge in [0.1, 0.15) is 23.5 Å². The molecule has 15 heteroatoms. The quantitative estimate of drug-likeness (QED) is 0.131. The molecule has 13 nitrogen and oxygen atoms in total. The maximum atomic E-state index is 14.8. The number of ether oxygens (including phenoxy) is 1. The highest BCUT2D eigenvalue weighted by Gasteiger charge is 2.31. The van der Waals surface area contributed by atoms with Crippen molar-refractivity contribution in [2.75, 3.05) is 29.1 Å². The van der Waals surface area contributed by atoms with Crippen molar-refractivity contribution >= 4 is 33.6 Å². The highest BCUT2D eigenvalue weighted by Crippen LogP contribution is 2.39. The second kappa shape index (κ2) is 15.6. The summed E-state index contributed by atoms with van der Waals surface area (Å²) in [5.41, 5.74) is 3.88. The topological polar surface area (TPSA) is 145 Å². The number of nitrogens with zero attached hydrogens (tertiary/aromatic N) is 6. The van der Waals surface area contributed by atoms with E-state index in [1.807, 2.05) is 73.8 Å². The Balaban J connectivity index is 1.08. The second-order valence-electron chi connectivity index (χ2n) is 15.4. The molecule has 0 saturated carbocycles. The lowest BCUT2D eigenvalue weighted by molar-refractivity contribution is 0.171. The number of anilines is 2. The molecule has 2 amide bonds. The van der Waals surface area contributed by atoms with Crippen LogP contribution in [0.3, 0.4) is 0 Å². The normalized spacial score (nSPS) is 18.9. The van der Waals surface area contributed by atoms with Gasteiger partial charge >= 0.3 is 6.03 Å². The molecule has 5 aromatic rings. The molecule has 3 atom stereocenters. The first-order chi connectivity index (χ1) is 26.3. The Morgan fingerprint density at radius 2 is 1.80 bits per heavy atom. The van der Waals surface area contributed by atoms with E-state index in [-0.39, 0.29) is 41.9 Å². The Hall–Kier alpha value is -5.02. The molecular formula is C40H49FN8O5S. The van der Waals surface area contributed by atoms with E-state index in [1.165, 1.54) is 19.4 Å². The number of carbonyl (C=O) groups is 1. The molecule has 7 rings (SSSR count). The molecule has 1 aliphatic heterocycles. The van der Waals surface area contributed by atoms with Gasteiger partial charge in [0.25, 0.3) is 10.1 Å². The fourth-order valence-electron chi connectivity index (χ4n) is 7.30. The zero-order valence-corrected chi connectivity index (χ0v) is 32.8. The van der Waals surface area contributed by atoms with Gasteiger partial charge in [-0.15, -0.1) is 10.2 Å². The van der Waals surface area contributed by atoms with Crippen LogP contribution in [-0.4, -0.2) is 63.8 Å². The summed E-state index contributed by atoms with van der Waals surface area (Å²) in [4.78, 5) is 16.0. The molecule has 2 aromatic carbocycles. The molecule has 0 spiro atoms.